The number of nitrogens with one attached hydrogen (secondary N) is 1. The summed E-state index contributed by atoms with van der Waals surface area (Å²) in [5.74, 6) is 0.0735. The highest BCUT2D eigenvalue weighted by Crippen LogP contribution is 2.21. The van der Waals surface area contributed by atoms with Crippen molar-refractivity contribution in [3.63, 3.8) is 0 Å². The Morgan fingerprint density at radius 1 is 1.86 bits per heavy atom. The SMILES string of the molecule is CC(CO)Nc1c([N+](=O)[O-])ncn1C. The van der Waals surface area contributed by atoms with Gasteiger partial charge in [0, 0.05) is 13.1 Å². The van der Waals surface area contributed by atoms with Crippen LogP contribution in [0.1, 0.15) is 6.92 Å². The molecule has 0 aromatic carbocycles. The number of aryl methyl sites for hydroxylation is 1. The molecule has 0 saturated carbocycles. The number of aliphatic hydroxyl groups is 1. The summed E-state index contributed by atoms with van der Waals surface area (Å²) < 4.78 is 1.50. The van der Waals surface area contributed by atoms with E-state index in [0.29, 0.717) is 5.82 Å². The minimum absolute atomic E-state index is 0.0949. The van der Waals surface area contributed by atoms with Gasteiger partial charge in [0.2, 0.25) is 12.1 Å². The zero-order chi connectivity index (χ0) is 10.7. The number of nitro groups is 1. The van der Waals surface area contributed by atoms with Crippen LogP contribution in [0.3, 0.4) is 0 Å². The van der Waals surface area contributed by atoms with Gasteiger partial charge < -0.3 is 20.5 Å². The lowest BCUT2D eigenvalue weighted by molar-refractivity contribution is -0.388. The quantitative estimate of drug-likeness (QED) is 0.532. The minimum atomic E-state index is -0.563. The third-order valence-electron chi connectivity index (χ3n) is 1.75. The fourth-order valence-electron chi connectivity index (χ4n) is 0.997. The molecule has 0 fully saturated rings. The number of imidazole rings is 1. The van der Waals surface area contributed by atoms with Crippen LogP contribution in [0.5, 0.6) is 0 Å². The van der Waals surface area contributed by atoms with E-state index in [9.17, 15) is 10.1 Å². The van der Waals surface area contributed by atoms with Crippen LogP contribution in [0.15, 0.2) is 6.33 Å². The van der Waals surface area contributed by atoms with Crippen LogP contribution < -0.4 is 5.32 Å². The van der Waals surface area contributed by atoms with E-state index in [1.54, 1.807) is 14.0 Å². The Balaban J connectivity index is 2.93. The highest BCUT2D eigenvalue weighted by molar-refractivity contribution is 5.52. The average molecular weight is 200 g/mol. The number of aromatic nitrogens is 2. The number of hydrogen-bond acceptors (Lipinski definition) is 5. The van der Waals surface area contributed by atoms with Crippen LogP contribution in [-0.2, 0) is 7.05 Å². The third kappa shape index (κ3) is 1.99. The smallest absolute Gasteiger partial charge is 0.394 e. The molecule has 1 aromatic heterocycles. The molecule has 0 saturated heterocycles. The Labute approximate surface area is 80.5 Å². The molecule has 7 heteroatoms. The number of hydrogen-bond donors (Lipinski definition) is 2. The van der Waals surface area contributed by atoms with Crippen LogP contribution >= 0.6 is 0 Å². The van der Waals surface area contributed by atoms with Gasteiger partial charge in [-0.15, -0.1) is 0 Å². The van der Waals surface area contributed by atoms with Crippen molar-refractivity contribution in [1.29, 1.82) is 0 Å². The highest BCUT2D eigenvalue weighted by atomic mass is 16.6. The van der Waals surface area contributed by atoms with E-state index in [-0.39, 0.29) is 18.5 Å². The second-order valence-electron chi connectivity index (χ2n) is 3.01. The van der Waals surface area contributed by atoms with E-state index >= 15 is 0 Å². The summed E-state index contributed by atoms with van der Waals surface area (Å²) in [6, 6.07) is -0.246. The lowest BCUT2D eigenvalue weighted by Gasteiger charge is -2.11. The van der Waals surface area contributed by atoms with E-state index in [2.05, 4.69) is 10.3 Å². The molecule has 0 aliphatic rings. The van der Waals surface area contributed by atoms with Gasteiger partial charge in [-0.25, -0.2) is 0 Å². The van der Waals surface area contributed by atoms with Crippen molar-refractivity contribution in [2.24, 2.45) is 7.05 Å². The molecule has 1 rings (SSSR count). The van der Waals surface area contributed by atoms with Crippen molar-refractivity contribution in [2.45, 2.75) is 13.0 Å². The monoisotopic (exact) mass is 200 g/mol. The zero-order valence-corrected chi connectivity index (χ0v) is 7.97. The Morgan fingerprint density at radius 3 is 3.00 bits per heavy atom. The molecule has 0 aliphatic carbocycles. The predicted molar refractivity (Wildman–Crippen MR) is 50.0 cm³/mol. The minimum Gasteiger partial charge on any atom is -0.394 e. The van der Waals surface area contributed by atoms with Crippen molar-refractivity contribution in [1.82, 2.24) is 9.55 Å². The molecular formula is C7H12N4O3. The number of anilines is 1. The normalized spacial score (nSPS) is 12.5. The van der Waals surface area contributed by atoms with Gasteiger partial charge in [0.1, 0.15) is 0 Å². The molecule has 0 bridgehead atoms. The third-order valence-corrected chi connectivity index (χ3v) is 1.75. The topological polar surface area (TPSA) is 93.2 Å². The second-order valence-corrected chi connectivity index (χ2v) is 3.01. The first-order valence-corrected chi connectivity index (χ1v) is 4.09. The van der Waals surface area contributed by atoms with Gasteiger partial charge in [-0.2, -0.15) is 0 Å². The molecule has 0 spiro atoms. The maximum Gasteiger partial charge on any atom is 0.406 e. The van der Waals surface area contributed by atoms with E-state index in [0.717, 1.165) is 0 Å². The largest absolute Gasteiger partial charge is 0.406 e. The molecule has 0 aliphatic heterocycles. The summed E-state index contributed by atoms with van der Waals surface area (Å²) in [5.41, 5.74) is 0. The van der Waals surface area contributed by atoms with E-state index < -0.39 is 4.92 Å². The van der Waals surface area contributed by atoms with Gasteiger partial charge >= 0.3 is 5.82 Å². The maximum absolute atomic E-state index is 10.5. The Kier molecular flexibility index (Phi) is 3.03. The molecule has 1 heterocycles. The number of rotatable bonds is 4. The summed E-state index contributed by atoms with van der Waals surface area (Å²) in [4.78, 5) is 13.6. The average Bonchev–Trinajstić information content (AvgIpc) is 2.48. The molecule has 1 atom stereocenters. The summed E-state index contributed by atoms with van der Waals surface area (Å²) in [6.07, 6.45) is 1.35. The summed E-state index contributed by atoms with van der Waals surface area (Å²) in [5, 5.41) is 22.1. The van der Waals surface area contributed by atoms with Gasteiger partial charge in [0.25, 0.3) is 0 Å². The van der Waals surface area contributed by atoms with Crippen molar-refractivity contribution >= 4 is 11.6 Å². The van der Waals surface area contributed by atoms with Crippen LogP contribution in [0.25, 0.3) is 0 Å². The number of nitrogens with zero attached hydrogens (tertiary/aromatic N) is 3. The first-order valence-electron chi connectivity index (χ1n) is 4.09. The lowest BCUT2D eigenvalue weighted by atomic mass is 10.3. The Bertz CT molecular complexity index is 336. The molecule has 2 N–H and O–H groups in total. The van der Waals surface area contributed by atoms with Crippen LogP contribution in [-0.4, -0.2) is 32.2 Å². The molecule has 1 aromatic rings. The van der Waals surface area contributed by atoms with Gasteiger partial charge in [0.15, 0.2) is 0 Å². The summed E-state index contributed by atoms with van der Waals surface area (Å²) >= 11 is 0. The van der Waals surface area contributed by atoms with E-state index in [1.165, 1.54) is 10.9 Å². The molecule has 0 radical (unpaired) electrons. The highest BCUT2D eigenvalue weighted by Gasteiger charge is 2.20. The van der Waals surface area contributed by atoms with Crippen molar-refractivity contribution in [3.05, 3.63) is 16.4 Å². The maximum atomic E-state index is 10.5. The molecule has 78 valence electrons. The standard InChI is InChI=1S/C7H12N4O3/c1-5(3-12)9-7-6(11(13)14)8-4-10(7)2/h4-5,9,12H,3H2,1-2H3. The van der Waals surface area contributed by atoms with Crippen molar-refractivity contribution in [2.75, 3.05) is 11.9 Å². The lowest BCUT2D eigenvalue weighted by Crippen LogP contribution is -2.21. The first kappa shape index (κ1) is 10.5. The molecule has 14 heavy (non-hydrogen) atoms. The Hall–Kier alpha value is -1.63. The predicted octanol–water partition coefficient (Wildman–Crippen LogP) is 0.121. The summed E-state index contributed by atoms with van der Waals surface area (Å²) in [6.45, 7) is 1.62. The summed E-state index contributed by atoms with van der Waals surface area (Å²) in [7, 11) is 1.65. The van der Waals surface area contributed by atoms with Crippen LogP contribution in [0, 0.1) is 10.1 Å². The fraction of sp³-hybridized carbons (Fsp3) is 0.571. The van der Waals surface area contributed by atoms with E-state index in [4.69, 9.17) is 5.11 Å². The van der Waals surface area contributed by atoms with Crippen molar-refractivity contribution < 1.29 is 10.0 Å². The Morgan fingerprint density at radius 2 is 2.50 bits per heavy atom. The van der Waals surface area contributed by atoms with Gasteiger partial charge in [-0.1, -0.05) is 0 Å². The van der Waals surface area contributed by atoms with Crippen LogP contribution in [0.4, 0.5) is 11.6 Å². The zero-order valence-electron chi connectivity index (χ0n) is 7.97. The second kappa shape index (κ2) is 4.05. The van der Waals surface area contributed by atoms with Crippen LogP contribution in [0.2, 0.25) is 0 Å². The molecule has 0 amide bonds. The first-order chi connectivity index (χ1) is 6.56. The molecule has 7 nitrogen and oxygen atoms in total. The van der Waals surface area contributed by atoms with Gasteiger partial charge in [0.05, 0.1) is 6.61 Å². The van der Waals surface area contributed by atoms with Gasteiger partial charge in [-0.05, 0) is 16.8 Å². The molecule has 1 unspecified atom stereocenters. The number of aliphatic hydroxyl groups excluding tert-OH is 1. The van der Waals surface area contributed by atoms with Gasteiger partial charge in [-0.3, -0.25) is 4.57 Å². The molecular weight excluding hydrogens is 188 g/mol. The van der Waals surface area contributed by atoms with Crippen molar-refractivity contribution in [3.8, 4) is 0 Å². The van der Waals surface area contributed by atoms with E-state index in [1.807, 2.05) is 0 Å². The fourth-order valence-corrected chi connectivity index (χ4v) is 0.997.